The Labute approximate surface area is 153 Å². The van der Waals surface area contributed by atoms with Gasteiger partial charge in [-0.3, -0.25) is 0 Å². The summed E-state index contributed by atoms with van der Waals surface area (Å²) in [4.78, 5) is 9.67. The zero-order valence-electron chi connectivity index (χ0n) is 13.7. The van der Waals surface area contributed by atoms with E-state index >= 15 is 0 Å². The maximum absolute atomic E-state index is 4.83. The third kappa shape index (κ3) is 3.14. The minimum absolute atomic E-state index is 0.0652. The molecule has 0 saturated heterocycles. The van der Waals surface area contributed by atoms with Crippen LogP contribution in [-0.4, -0.2) is 14.7 Å². The second-order valence-electron chi connectivity index (χ2n) is 6.43. The Balaban J connectivity index is 1.84. The van der Waals surface area contributed by atoms with Crippen LogP contribution < -0.4 is 4.31 Å². The first-order valence-corrected chi connectivity index (χ1v) is 10.1. The van der Waals surface area contributed by atoms with E-state index in [1.165, 1.54) is 9.40 Å². The maximum Gasteiger partial charge on any atom is 0.203 e. The van der Waals surface area contributed by atoms with Gasteiger partial charge in [-0.25, -0.2) is 14.3 Å². The molecule has 0 spiro atoms. The van der Waals surface area contributed by atoms with Crippen molar-refractivity contribution in [3.63, 3.8) is 0 Å². The van der Waals surface area contributed by atoms with E-state index in [1.54, 1.807) is 34.6 Å². The van der Waals surface area contributed by atoms with Crippen molar-refractivity contribution in [2.75, 3.05) is 4.31 Å². The molecule has 0 amide bonds. The SMILES string of the molecule is CC(C)(C)SN(c1nc2ccccc2s1)c1nc2ccccc2s1. The van der Waals surface area contributed by atoms with Gasteiger partial charge >= 0.3 is 0 Å². The van der Waals surface area contributed by atoms with Crippen LogP contribution >= 0.6 is 34.6 Å². The zero-order chi connectivity index (χ0) is 16.7. The molecule has 0 radical (unpaired) electrons. The number of para-hydroxylation sites is 2. The smallest absolute Gasteiger partial charge is 0.203 e. The largest absolute Gasteiger partial charge is 0.233 e. The highest BCUT2D eigenvalue weighted by molar-refractivity contribution is 8.02. The molecule has 0 fully saturated rings. The Morgan fingerprint density at radius 1 is 0.792 bits per heavy atom. The number of rotatable bonds is 3. The summed E-state index contributed by atoms with van der Waals surface area (Å²) in [7, 11) is 0. The van der Waals surface area contributed by atoms with Gasteiger partial charge < -0.3 is 0 Å². The van der Waals surface area contributed by atoms with Crippen molar-refractivity contribution in [2.45, 2.75) is 25.5 Å². The molecule has 0 aliphatic heterocycles. The van der Waals surface area contributed by atoms with Crippen LogP contribution in [0.25, 0.3) is 20.4 Å². The Kier molecular flexibility index (Phi) is 3.98. The van der Waals surface area contributed by atoms with Crippen molar-refractivity contribution in [1.29, 1.82) is 0 Å². The Morgan fingerprint density at radius 3 is 1.67 bits per heavy atom. The number of hydrogen-bond acceptors (Lipinski definition) is 6. The average Bonchev–Trinajstić information content (AvgIpc) is 3.15. The summed E-state index contributed by atoms with van der Waals surface area (Å²) in [5.41, 5.74) is 2.08. The van der Waals surface area contributed by atoms with Gasteiger partial charge in [0.1, 0.15) is 0 Å². The van der Waals surface area contributed by atoms with Gasteiger partial charge in [0.15, 0.2) is 0 Å². The lowest BCUT2D eigenvalue weighted by atomic mass is 10.3. The molecule has 4 aromatic rings. The molecule has 2 aromatic heterocycles. The van der Waals surface area contributed by atoms with Gasteiger partial charge in [-0.1, -0.05) is 46.9 Å². The average molecular weight is 372 g/mol. The molecular weight excluding hydrogens is 354 g/mol. The van der Waals surface area contributed by atoms with E-state index in [2.05, 4.69) is 61.5 Å². The van der Waals surface area contributed by atoms with E-state index in [1.807, 2.05) is 12.1 Å². The van der Waals surface area contributed by atoms with Crippen LogP contribution in [0.15, 0.2) is 48.5 Å². The maximum atomic E-state index is 4.83. The van der Waals surface area contributed by atoms with E-state index in [-0.39, 0.29) is 4.75 Å². The van der Waals surface area contributed by atoms with Crippen LogP contribution in [0.1, 0.15) is 20.8 Å². The highest BCUT2D eigenvalue weighted by Gasteiger charge is 2.25. The van der Waals surface area contributed by atoms with E-state index in [9.17, 15) is 0 Å². The van der Waals surface area contributed by atoms with Crippen molar-refractivity contribution < 1.29 is 0 Å². The Hall–Kier alpha value is -1.63. The van der Waals surface area contributed by atoms with Gasteiger partial charge in [0.2, 0.25) is 10.3 Å². The van der Waals surface area contributed by atoms with Crippen molar-refractivity contribution in [2.24, 2.45) is 0 Å². The van der Waals surface area contributed by atoms with Crippen LogP contribution in [0.5, 0.6) is 0 Å². The fourth-order valence-electron chi connectivity index (χ4n) is 2.33. The first kappa shape index (κ1) is 15.9. The van der Waals surface area contributed by atoms with E-state index < -0.39 is 0 Å². The summed E-state index contributed by atoms with van der Waals surface area (Å²) < 4.78 is 4.66. The first-order valence-electron chi connectivity index (χ1n) is 7.70. The number of thiazole rings is 2. The molecule has 0 N–H and O–H groups in total. The summed E-state index contributed by atoms with van der Waals surface area (Å²) >= 11 is 5.19. The van der Waals surface area contributed by atoms with Crippen molar-refractivity contribution in [3.8, 4) is 0 Å². The molecule has 24 heavy (non-hydrogen) atoms. The van der Waals surface area contributed by atoms with Crippen LogP contribution in [0.2, 0.25) is 0 Å². The summed E-state index contributed by atoms with van der Waals surface area (Å²) in [5, 5.41) is 1.96. The minimum atomic E-state index is 0.0652. The van der Waals surface area contributed by atoms with Crippen molar-refractivity contribution in [1.82, 2.24) is 9.97 Å². The van der Waals surface area contributed by atoms with E-state index in [0.717, 1.165) is 21.3 Å². The van der Waals surface area contributed by atoms with Gasteiger partial charge in [-0.2, -0.15) is 0 Å². The quantitative estimate of drug-likeness (QED) is 0.385. The fourth-order valence-corrected chi connectivity index (χ4v) is 5.37. The normalized spacial score (nSPS) is 12.1. The highest BCUT2D eigenvalue weighted by atomic mass is 32.2. The lowest BCUT2D eigenvalue weighted by Gasteiger charge is -2.26. The molecule has 6 heteroatoms. The van der Waals surface area contributed by atoms with E-state index in [0.29, 0.717) is 0 Å². The van der Waals surface area contributed by atoms with Crippen LogP contribution in [-0.2, 0) is 0 Å². The molecule has 0 atom stereocenters. The monoisotopic (exact) mass is 371 g/mol. The molecular formula is C18H17N3S3. The molecule has 2 heterocycles. The molecule has 2 aromatic carbocycles. The second-order valence-corrected chi connectivity index (χ2v) is 10.2. The summed E-state index contributed by atoms with van der Waals surface area (Å²) in [6.45, 7) is 6.64. The van der Waals surface area contributed by atoms with Crippen LogP contribution in [0, 0.1) is 0 Å². The number of nitrogens with zero attached hydrogens (tertiary/aromatic N) is 3. The number of hydrogen-bond donors (Lipinski definition) is 0. The third-order valence-corrected chi connectivity index (χ3v) is 6.63. The molecule has 4 rings (SSSR count). The van der Waals surface area contributed by atoms with E-state index in [4.69, 9.17) is 9.97 Å². The molecule has 122 valence electrons. The number of anilines is 2. The summed E-state index contributed by atoms with van der Waals surface area (Å²) in [6.07, 6.45) is 0. The summed E-state index contributed by atoms with van der Waals surface area (Å²) in [5.74, 6) is 0. The molecule has 0 unspecified atom stereocenters. The molecule has 0 aliphatic carbocycles. The zero-order valence-corrected chi connectivity index (χ0v) is 16.1. The van der Waals surface area contributed by atoms with Gasteiger partial charge in [-0.15, -0.1) is 0 Å². The minimum Gasteiger partial charge on any atom is -0.233 e. The lowest BCUT2D eigenvalue weighted by molar-refractivity contribution is 0.802. The third-order valence-electron chi connectivity index (χ3n) is 3.28. The van der Waals surface area contributed by atoms with Crippen LogP contribution in [0.3, 0.4) is 0 Å². The number of benzene rings is 2. The van der Waals surface area contributed by atoms with Crippen LogP contribution in [0.4, 0.5) is 10.3 Å². The Morgan fingerprint density at radius 2 is 1.25 bits per heavy atom. The van der Waals surface area contributed by atoms with Crippen molar-refractivity contribution >= 4 is 65.3 Å². The predicted molar refractivity (Wildman–Crippen MR) is 109 cm³/mol. The van der Waals surface area contributed by atoms with Gasteiger partial charge in [0.05, 0.1) is 20.4 Å². The Bertz CT molecular complexity index is 857. The molecule has 3 nitrogen and oxygen atoms in total. The molecule has 0 bridgehead atoms. The molecule has 0 aliphatic rings. The van der Waals surface area contributed by atoms with Crippen molar-refractivity contribution in [3.05, 3.63) is 48.5 Å². The lowest BCUT2D eigenvalue weighted by Crippen LogP contribution is -2.18. The standard InChI is InChI=1S/C18H17N3S3/c1-18(2,3)24-21(16-19-12-8-4-6-10-14(12)22-16)17-20-13-9-5-7-11-15(13)23-17/h4-11H,1-3H3. The highest BCUT2D eigenvalue weighted by Crippen LogP contribution is 2.44. The second kappa shape index (κ2) is 6.02. The first-order chi connectivity index (χ1) is 11.5. The topological polar surface area (TPSA) is 29.0 Å². The van der Waals surface area contributed by atoms with Gasteiger partial charge in [0, 0.05) is 4.75 Å². The van der Waals surface area contributed by atoms with Gasteiger partial charge in [0.25, 0.3) is 0 Å². The number of aromatic nitrogens is 2. The fraction of sp³-hybridized carbons (Fsp3) is 0.222. The molecule has 0 saturated carbocycles. The number of fused-ring (bicyclic) bond motifs is 2. The summed E-state index contributed by atoms with van der Waals surface area (Å²) in [6, 6.07) is 16.5. The van der Waals surface area contributed by atoms with Gasteiger partial charge in [-0.05, 0) is 57.0 Å². The predicted octanol–water partition coefficient (Wildman–Crippen LogP) is 6.49.